The minimum absolute atomic E-state index is 0.0411. The lowest BCUT2D eigenvalue weighted by Gasteiger charge is -2.07. The third kappa shape index (κ3) is 4.35. The number of hydrogen-bond acceptors (Lipinski definition) is 9. The highest BCUT2D eigenvalue weighted by molar-refractivity contribution is 7.15. The van der Waals surface area contributed by atoms with E-state index in [-0.39, 0.29) is 28.1 Å². The van der Waals surface area contributed by atoms with Crippen molar-refractivity contribution < 1.29 is 18.7 Å². The molecule has 0 amide bonds. The predicted molar refractivity (Wildman–Crippen MR) is 114 cm³/mol. The number of carbonyl (C=O) groups excluding carboxylic acids is 1. The minimum atomic E-state index is -0.738. The van der Waals surface area contributed by atoms with E-state index in [9.17, 15) is 19.2 Å². The van der Waals surface area contributed by atoms with E-state index in [1.165, 1.54) is 36.3 Å². The molecule has 0 aliphatic carbocycles. The molecule has 0 spiro atoms. The molecule has 0 atom stereocenters. The van der Waals surface area contributed by atoms with E-state index in [1.54, 1.807) is 19.1 Å². The number of carbonyl (C=O) groups is 1. The summed E-state index contributed by atoms with van der Waals surface area (Å²) in [4.78, 5) is 32.5. The van der Waals surface area contributed by atoms with Crippen molar-refractivity contribution in [3.63, 3.8) is 0 Å². The second-order valence-corrected chi connectivity index (χ2v) is 7.62. The molecule has 0 saturated carbocycles. The number of halogens is 1. The van der Waals surface area contributed by atoms with Crippen LogP contribution in [0.3, 0.4) is 0 Å². The first-order chi connectivity index (χ1) is 15.9. The van der Waals surface area contributed by atoms with Crippen molar-refractivity contribution in [1.29, 1.82) is 5.26 Å². The fourth-order valence-electron chi connectivity index (χ4n) is 2.90. The van der Waals surface area contributed by atoms with Crippen LogP contribution in [0.15, 0.2) is 47.7 Å². The van der Waals surface area contributed by atoms with Gasteiger partial charge in [0.05, 0.1) is 36.3 Å². The van der Waals surface area contributed by atoms with Gasteiger partial charge in [-0.25, -0.2) is 19.0 Å². The van der Waals surface area contributed by atoms with Gasteiger partial charge in [-0.15, -0.1) is 0 Å². The maximum atomic E-state index is 14.7. The Labute approximate surface area is 190 Å². The number of nitriles is 1. The molecular formula is C21H15FN6O4S. The molecule has 4 rings (SSSR count). The molecule has 1 aromatic carbocycles. The number of thiazole rings is 1. The molecule has 10 nitrogen and oxygen atoms in total. The van der Waals surface area contributed by atoms with Crippen LogP contribution >= 0.6 is 11.3 Å². The van der Waals surface area contributed by atoms with Gasteiger partial charge in [-0.3, -0.25) is 9.55 Å². The van der Waals surface area contributed by atoms with Crippen molar-refractivity contribution in [1.82, 2.24) is 24.3 Å². The van der Waals surface area contributed by atoms with Crippen molar-refractivity contribution in [3.8, 4) is 22.6 Å². The Bertz CT molecular complexity index is 1450. The maximum absolute atomic E-state index is 14.7. The van der Waals surface area contributed by atoms with Gasteiger partial charge < -0.3 is 9.47 Å². The van der Waals surface area contributed by atoms with Crippen LogP contribution in [0.5, 0.6) is 10.8 Å². The van der Waals surface area contributed by atoms with Crippen LogP contribution in [0, 0.1) is 24.1 Å². The Hall–Kier alpha value is -4.37. The smallest absolute Gasteiger partial charge is 0.367 e. The number of nitrogens with zero attached hydrogens (tertiary/aromatic N) is 6. The largest absolute Gasteiger partial charge is 0.464 e. The van der Waals surface area contributed by atoms with Crippen molar-refractivity contribution >= 4 is 17.3 Å². The van der Waals surface area contributed by atoms with Gasteiger partial charge in [0.25, 0.3) is 0 Å². The second-order valence-electron chi connectivity index (χ2n) is 6.66. The molecule has 12 heteroatoms. The summed E-state index contributed by atoms with van der Waals surface area (Å²) in [5, 5.41) is 13.6. The molecule has 0 fully saturated rings. The number of pyridine rings is 1. The van der Waals surface area contributed by atoms with Gasteiger partial charge in [-0.2, -0.15) is 15.0 Å². The predicted octanol–water partition coefficient (Wildman–Crippen LogP) is 2.83. The van der Waals surface area contributed by atoms with Gasteiger partial charge >= 0.3 is 11.7 Å². The molecule has 0 unspecified atom stereocenters. The highest BCUT2D eigenvalue weighted by Gasteiger charge is 2.18. The van der Waals surface area contributed by atoms with Gasteiger partial charge in [0.2, 0.25) is 10.1 Å². The Morgan fingerprint density at radius 2 is 2.15 bits per heavy atom. The molecule has 0 bridgehead atoms. The van der Waals surface area contributed by atoms with Crippen LogP contribution < -0.4 is 10.4 Å². The van der Waals surface area contributed by atoms with Crippen LogP contribution in [-0.4, -0.2) is 37.4 Å². The summed E-state index contributed by atoms with van der Waals surface area (Å²) in [6, 6.07) is 9.18. The zero-order valence-corrected chi connectivity index (χ0v) is 18.2. The van der Waals surface area contributed by atoms with Crippen molar-refractivity contribution in [2.45, 2.75) is 13.5 Å². The molecule has 4 aromatic rings. The number of aromatic nitrogens is 5. The van der Waals surface area contributed by atoms with Gasteiger partial charge in [-0.05, 0) is 31.2 Å². The fraction of sp³-hybridized carbons (Fsp3) is 0.143. The van der Waals surface area contributed by atoms with E-state index in [4.69, 9.17) is 4.74 Å². The maximum Gasteiger partial charge on any atom is 0.367 e. The second kappa shape index (κ2) is 9.01. The molecular weight excluding hydrogens is 451 g/mol. The van der Waals surface area contributed by atoms with Gasteiger partial charge in [0, 0.05) is 12.3 Å². The van der Waals surface area contributed by atoms with E-state index in [0.717, 1.165) is 22.1 Å². The summed E-state index contributed by atoms with van der Waals surface area (Å²) >= 11 is 0.932. The lowest BCUT2D eigenvalue weighted by atomic mass is 10.2. The fourth-order valence-corrected chi connectivity index (χ4v) is 3.75. The summed E-state index contributed by atoms with van der Waals surface area (Å²) in [5.41, 5.74) is 0.825. The zero-order valence-electron chi connectivity index (χ0n) is 17.4. The van der Waals surface area contributed by atoms with Gasteiger partial charge in [0.15, 0.2) is 11.6 Å². The first-order valence-electron chi connectivity index (χ1n) is 9.43. The topological polar surface area (TPSA) is 125 Å². The first kappa shape index (κ1) is 21.8. The van der Waals surface area contributed by atoms with E-state index < -0.39 is 17.5 Å². The zero-order chi connectivity index (χ0) is 23.5. The highest BCUT2D eigenvalue weighted by atomic mass is 32.1. The summed E-state index contributed by atoms with van der Waals surface area (Å²) in [6.45, 7) is 1.66. The average Bonchev–Trinajstić information content (AvgIpc) is 3.37. The lowest BCUT2D eigenvalue weighted by Crippen LogP contribution is -2.24. The molecule has 0 aliphatic rings. The van der Waals surface area contributed by atoms with E-state index in [1.807, 2.05) is 6.07 Å². The van der Waals surface area contributed by atoms with Crippen molar-refractivity contribution in [2.24, 2.45) is 0 Å². The Balaban J connectivity index is 1.58. The highest BCUT2D eigenvalue weighted by Crippen LogP contribution is 2.33. The number of benzene rings is 1. The Kier molecular flexibility index (Phi) is 5.97. The monoisotopic (exact) mass is 466 g/mol. The van der Waals surface area contributed by atoms with E-state index in [0.29, 0.717) is 17.0 Å². The first-order valence-corrected chi connectivity index (χ1v) is 10.2. The third-order valence-corrected chi connectivity index (χ3v) is 5.56. The van der Waals surface area contributed by atoms with Crippen molar-refractivity contribution in [3.05, 3.63) is 81.1 Å². The van der Waals surface area contributed by atoms with E-state index in [2.05, 4.69) is 19.8 Å². The molecule has 3 aromatic heterocycles. The number of ether oxygens (including phenoxy) is 2. The molecule has 0 radical (unpaired) electrons. The van der Waals surface area contributed by atoms with Crippen LogP contribution in [0.25, 0.3) is 5.69 Å². The molecule has 0 aliphatic heterocycles. The van der Waals surface area contributed by atoms with E-state index >= 15 is 0 Å². The quantitative estimate of drug-likeness (QED) is 0.397. The average molecular weight is 466 g/mol. The third-order valence-electron chi connectivity index (χ3n) is 4.54. The van der Waals surface area contributed by atoms with Crippen LogP contribution in [0.4, 0.5) is 4.39 Å². The van der Waals surface area contributed by atoms with Crippen LogP contribution in [0.1, 0.15) is 26.8 Å². The Morgan fingerprint density at radius 3 is 2.88 bits per heavy atom. The Morgan fingerprint density at radius 1 is 1.33 bits per heavy atom. The summed E-state index contributed by atoms with van der Waals surface area (Å²) in [6.07, 6.45) is 2.81. The molecule has 3 heterocycles. The number of hydrogen-bond donors (Lipinski definition) is 0. The van der Waals surface area contributed by atoms with Crippen molar-refractivity contribution in [2.75, 3.05) is 7.11 Å². The molecule has 0 N–H and O–H groups in total. The standard InChI is InChI=1S/C21H15FN6O4S/c1-12-20(33-18(26-12)19(29)31-2)32-17-6-5-14(8-15(17)22)28-21(30)27(11-25-28)10-16-13(9-23)4-3-7-24-16/h3-8,11H,10H2,1-2H3. The SMILES string of the molecule is COC(=O)c1nc(C)c(Oc2ccc(-n3ncn(Cc4ncccc4C#N)c3=O)cc2F)s1. The number of aryl methyl sites for hydroxylation is 1. The number of rotatable bonds is 6. The lowest BCUT2D eigenvalue weighted by molar-refractivity contribution is 0.0600. The van der Waals surface area contributed by atoms with Crippen LogP contribution in [-0.2, 0) is 11.3 Å². The molecule has 33 heavy (non-hydrogen) atoms. The van der Waals surface area contributed by atoms with Gasteiger partial charge in [-0.1, -0.05) is 11.3 Å². The molecule has 166 valence electrons. The minimum Gasteiger partial charge on any atom is -0.464 e. The normalized spacial score (nSPS) is 10.6. The van der Waals surface area contributed by atoms with Crippen LogP contribution in [0.2, 0.25) is 0 Å². The summed E-state index contributed by atoms with van der Waals surface area (Å²) in [5.74, 6) is -1.46. The molecule has 0 saturated heterocycles. The summed E-state index contributed by atoms with van der Waals surface area (Å²) in [7, 11) is 1.24. The number of methoxy groups -OCH3 is 1. The summed E-state index contributed by atoms with van der Waals surface area (Å²) < 4.78 is 27.2. The number of esters is 1. The van der Waals surface area contributed by atoms with Gasteiger partial charge in [0.1, 0.15) is 12.4 Å².